The van der Waals surface area contributed by atoms with Crippen molar-refractivity contribution in [1.82, 2.24) is 5.32 Å². The Labute approximate surface area is 466 Å². The minimum atomic E-state index is -4.35. The zero-order valence-corrected chi connectivity index (χ0v) is 51.2. The fourth-order valence-corrected chi connectivity index (χ4v) is 10.2. The molecule has 0 spiro atoms. The summed E-state index contributed by atoms with van der Waals surface area (Å²) in [5.74, 6) is -0.177. The van der Waals surface area contributed by atoms with Crippen molar-refractivity contribution in [3.05, 3.63) is 60.8 Å². The SMILES string of the molecule is CC/C=C\C/C=C\C/C=C\C/C=C\CCCCCCCCCCCCCCC(=O)NC(COP(=O)(O)OCC[N+](C)(C)C)C(O)/C=C/CCCCCCCCCCCCCCCCCCCCCCCCCCCC. The maximum absolute atomic E-state index is 13.0. The molecule has 1 amide bonds. The van der Waals surface area contributed by atoms with Crippen LogP contribution in [0.5, 0.6) is 0 Å². The van der Waals surface area contributed by atoms with Crippen LogP contribution in [-0.2, 0) is 18.4 Å². The molecule has 0 aromatic carbocycles. The van der Waals surface area contributed by atoms with E-state index in [-0.39, 0.29) is 19.1 Å². The van der Waals surface area contributed by atoms with Gasteiger partial charge in [0.15, 0.2) is 0 Å². The lowest BCUT2D eigenvalue weighted by Gasteiger charge is -2.25. The van der Waals surface area contributed by atoms with E-state index in [1.165, 1.54) is 218 Å². The second-order valence-electron chi connectivity index (χ2n) is 23.1. The molecule has 0 heterocycles. The summed E-state index contributed by atoms with van der Waals surface area (Å²) >= 11 is 0. The number of carbonyl (C=O) groups excluding carboxylic acids is 1. The molecule has 0 bridgehead atoms. The highest BCUT2D eigenvalue weighted by Crippen LogP contribution is 2.43. The van der Waals surface area contributed by atoms with Crippen LogP contribution in [0, 0.1) is 0 Å². The van der Waals surface area contributed by atoms with Crippen LogP contribution < -0.4 is 5.32 Å². The average Bonchev–Trinajstić information content (AvgIpc) is 3.37. The number of quaternary nitrogens is 1. The first-order valence-electron chi connectivity index (χ1n) is 32.2. The van der Waals surface area contributed by atoms with Gasteiger partial charge in [-0.3, -0.25) is 13.8 Å². The molecule has 440 valence electrons. The lowest BCUT2D eigenvalue weighted by atomic mass is 10.0. The third kappa shape index (κ3) is 59.7. The number of aliphatic hydroxyl groups excluding tert-OH is 1. The number of allylic oxidation sites excluding steroid dienone is 9. The van der Waals surface area contributed by atoms with Crippen molar-refractivity contribution in [1.29, 1.82) is 0 Å². The minimum Gasteiger partial charge on any atom is -0.387 e. The summed E-state index contributed by atoms with van der Waals surface area (Å²) in [6.45, 7) is 4.74. The van der Waals surface area contributed by atoms with Crippen LogP contribution in [-0.4, -0.2) is 73.4 Å². The van der Waals surface area contributed by atoms with Gasteiger partial charge in [-0.25, -0.2) is 4.57 Å². The third-order valence-electron chi connectivity index (χ3n) is 14.5. The molecule has 0 aliphatic heterocycles. The van der Waals surface area contributed by atoms with Crippen LogP contribution in [0.3, 0.4) is 0 Å². The van der Waals surface area contributed by atoms with Gasteiger partial charge in [0, 0.05) is 6.42 Å². The summed E-state index contributed by atoms with van der Waals surface area (Å²) < 4.78 is 23.8. The second kappa shape index (κ2) is 56.9. The van der Waals surface area contributed by atoms with Crippen molar-refractivity contribution in [2.75, 3.05) is 40.9 Å². The van der Waals surface area contributed by atoms with Gasteiger partial charge in [0.2, 0.25) is 5.91 Å². The Morgan fingerprint density at radius 3 is 1.17 bits per heavy atom. The van der Waals surface area contributed by atoms with Crippen molar-refractivity contribution < 1.29 is 32.9 Å². The molecule has 0 rings (SSSR count). The number of unbranched alkanes of at least 4 members (excludes halogenated alkanes) is 38. The summed E-state index contributed by atoms with van der Waals surface area (Å²) in [5.41, 5.74) is 0. The van der Waals surface area contributed by atoms with Crippen LogP contribution in [0.15, 0.2) is 60.8 Å². The van der Waals surface area contributed by atoms with Gasteiger partial charge in [0.25, 0.3) is 0 Å². The molecule has 3 atom stereocenters. The minimum absolute atomic E-state index is 0.0601. The maximum atomic E-state index is 13.0. The number of phosphoric acid groups is 1. The first-order chi connectivity index (χ1) is 36.5. The van der Waals surface area contributed by atoms with E-state index in [1.807, 2.05) is 27.2 Å². The van der Waals surface area contributed by atoms with Gasteiger partial charge in [-0.05, 0) is 57.8 Å². The van der Waals surface area contributed by atoms with E-state index in [0.717, 1.165) is 64.2 Å². The normalized spacial score (nSPS) is 14.2. The van der Waals surface area contributed by atoms with Crippen molar-refractivity contribution in [3.63, 3.8) is 0 Å². The number of nitrogens with one attached hydrogen (secondary N) is 1. The highest BCUT2D eigenvalue weighted by molar-refractivity contribution is 7.47. The third-order valence-corrected chi connectivity index (χ3v) is 15.5. The highest BCUT2D eigenvalue weighted by atomic mass is 31.2. The molecule has 0 saturated heterocycles. The first-order valence-corrected chi connectivity index (χ1v) is 33.7. The number of amides is 1. The molecule has 9 heteroatoms. The van der Waals surface area contributed by atoms with E-state index >= 15 is 0 Å². The number of rotatable bonds is 59. The largest absolute Gasteiger partial charge is 0.472 e. The van der Waals surface area contributed by atoms with Gasteiger partial charge in [0.1, 0.15) is 13.2 Å². The standard InChI is InChI=1S/C66H125N2O6P/c1-6-8-10-12-14-16-18-20-22-24-26-28-30-32-33-34-36-37-39-41-43-45-47-49-51-53-55-57-59-65(69)64(63-74-75(71,72)73-62-61-68(3,4)5)67-66(70)60-58-56-54-52-50-48-46-44-42-40-38-35-31-29-27-25-23-21-19-17-15-13-11-9-7-2/h9,11,15,17,21,23,27,29,57,59,64-65,69H,6-8,10,12-14,16,18-20,22,24-26,28,30-56,58,60-63H2,1-5H3,(H-,67,70,71,72)/p+1/b11-9-,17-15-,23-21-,29-27-,59-57+. The zero-order valence-electron chi connectivity index (χ0n) is 50.3. The summed E-state index contributed by atoms with van der Waals surface area (Å²) in [6.07, 6.45) is 77.7. The molecule has 3 N–H and O–H groups in total. The van der Waals surface area contributed by atoms with Crippen molar-refractivity contribution in [2.45, 2.75) is 315 Å². The lowest BCUT2D eigenvalue weighted by Crippen LogP contribution is -2.45. The second-order valence-corrected chi connectivity index (χ2v) is 24.6. The van der Waals surface area contributed by atoms with E-state index in [0.29, 0.717) is 17.4 Å². The number of likely N-dealkylation sites (N-methyl/N-ethyl adjacent to an activating group) is 1. The summed E-state index contributed by atoms with van der Waals surface area (Å²) in [4.78, 5) is 23.4. The topological polar surface area (TPSA) is 105 Å². The zero-order chi connectivity index (χ0) is 54.9. The Bertz CT molecular complexity index is 1400. The number of hydrogen-bond donors (Lipinski definition) is 3. The average molecular weight is 1070 g/mol. The predicted molar refractivity (Wildman–Crippen MR) is 327 cm³/mol. The molecule has 3 unspecified atom stereocenters. The molecule has 0 aliphatic rings. The Morgan fingerprint density at radius 2 is 0.800 bits per heavy atom. The van der Waals surface area contributed by atoms with Crippen LogP contribution in [0.2, 0.25) is 0 Å². The molecule has 0 aromatic heterocycles. The predicted octanol–water partition coefficient (Wildman–Crippen LogP) is 20.0. The monoisotopic (exact) mass is 1070 g/mol. The Balaban J connectivity index is 4.13. The van der Waals surface area contributed by atoms with E-state index in [2.05, 4.69) is 67.8 Å². The maximum Gasteiger partial charge on any atom is 0.472 e. The molecule has 0 fully saturated rings. The van der Waals surface area contributed by atoms with Crippen molar-refractivity contribution in [3.8, 4) is 0 Å². The van der Waals surface area contributed by atoms with Gasteiger partial charge in [-0.1, -0.05) is 299 Å². The van der Waals surface area contributed by atoms with Crippen LogP contribution in [0.4, 0.5) is 0 Å². The Hall–Kier alpha value is -1.80. The van der Waals surface area contributed by atoms with Crippen LogP contribution >= 0.6 is 7.82 Å². The number of carbonyl (C=O) groups is 1. The van der Waals surface area contributed by atoms with E-state index in [1.54, 1.807) is 6.08 Å². The number of nitrogens with zero attached hydrogens (tertiary/aromatic N) is 1. The van der Waals surface area contributed by atoms with Crippen molar-refractivity contribution >= 4 is 13.7 Å². The lowest BCUT2D eigenvalue weighted by molar-refractivity contribution is -0.870. The van der Waals surface area contributed by atoms with E-state index in [4.69, 9.17) is 9.05 Å². The molecule has 0 radical (unpaired) electrons. The van der Waals surface area contributed by atoms with Crippen LogP contribution in [0.25, 0.3) is 0 Å². The Kier molecular flexibility index (Phi) is 55.5. The van der Waals surface area contributed by atoms with E-state index < -0.39 is 20.0 Å². The first kappa shape index (κ1) is 73.2. The van der Waals surface area contributed by atoms with Gasteiger partial charge < -0.3 is 19.8 Å². The molecular formula is C66H126N2O6P+. The molecule has 75 heavy (non-hydrogen) atoms. The van der Waals surface area contributed by atoms with Gasteiger partial charge in [-0.15, -0.1) is 0 Å². The molecule has 0 aromatic rings. The Morgan fingerprint density at radius 1 is 0.467 bits per heavy atom. The van der Waals surface area contributed by atoms with Gasteiger partial charge >= 0.3 is 7.82 Å². The van der Waals surface area contributed by atoms with Gasteiger partial charge in [0.05, 0.1) is 39.9 Å². The number of hydrogen-bond acceptors (Lipinski definition) is 5. The fraction of sp³-hybridized carbons (Fsp3) is 0.833. The van der Waals surface area contributed by atoms with E-state index in [9.17, 15) is 19.4 Å². The highest BCUT2D eigenvalue weighted by Gasteiger charge is 2.28. The van der Waals surface area contributed by atoms with Crippen LogP contribution in [0.1, 0.15) is 303 Å². The summed E-state index contributed by atoms with van der Waals surface area (Å²) in [6, 6.07) is -0.851. The molecule has 0 aliphatic carbocycles. The number of aliphatic hydroxyl groups is 1. The smallest absolute Gasteiger partial charge is 0.387 e. The summed E-state index contributed by atoms with van der Waals surface area (Å²) in [7, 11) is 1.58. The molecular weight excluding hydrogens is 948 g/mol. The number of phosphoric ester groups is 1. The van der Waals surface area contributed by atoms with Gasteiger partial charge in [-0.2, -0.15) is 0 Å². The fourth-order valence-electron chi connectivity index (χ4n) is 9.51. The molecule has 8 nitrogen and oxygen atoms in total. The quantitative estimate of drug-likeness (QED) is 0.0243. The van der Waals surface area contributed by atoms with Crippen molar-refractivity contribution in [2.24, 2.45) is 0 Å². The molecule has 0 saturated carbocycles. The summed E-state index contributed by atoms with van der Waals surface area (Å²) in [5, 5.41) is 14.0.